The Morgan fingerprint density at radius 3 is 2.58 bits per heavy atom. The minimum atomic E-state index is -0.0566. The summed E-state index contributed by atoms with van der Waals surface area (Å²) in [6, 6.07) is 20.7. The molecule has 2 aromatic heterocycles. The zero-order chi connectivity index (χ0) is 16.7. The first-order valence-corrected chi connectivity index (χ1v) is 8.31. The molecule has 0 saturated heterocycles. The zero-order valence-electron chi connectivity index (χ0n) is 13.3. The van der Waals surface area contributed by atoms with Crippen LogP contribution < -0.4 is 5.73 Å². The lowest BCUT2D eigenvalue weighted by Gasteiger charge is -2.12. The first-order chi connectivity index (χ1) is 11.6. The fourth-order valence-corrected chi connectivity index (χ4v) is 3.22. The minimum Gasteiger partial charge on any atom is -0.393 e. The van der Waals surface area contributed by atoms with Crippen molar-refractivity contribution in [2.24, 2.45) is 5.73 Å². The van der Waals surface area contributed by atoms with Gasteiger partial charge in [-0.3, -0.25) is 0 Å². The van der Waals surface area contributed by atoms with Gasteiger partial charge in [0.1, 0.15) is 5.65 Å². The van der Waals surface area contributed by atoms with Gasteiger partial charge < -0.3 is 10.1 Å². The van der Waals surface area contributed by atoms with E-state index in [1.54, 1.807) is 0 Å². The standard InChI is InChI=1S/C20H17N3S/c1-13(20(21)24)19-18(22-17-8-4-5-11-23(17)19)16-10-9-14-6-2-3-7-15(14)12-16/h2-13H,1H3,(H2,21,24). The van der Waals surface area contributed by atoms with Gasteiger partial charge in [0.15, 0.2) is 0 Å². The third-order valence-corrected chi connectivity index (χ3v) is 4.78. The maximum Gasteiger partial charge on any atom is 0.137 e. The number of thiocarbonyl (C=S) groups is 1. The molecular weight excluding hydrogens is 314 g/mol. The Morgan fingerprint density at radius 2 is 1.79 bits per heavy atom. The average molecular weight is 331 g/mol. The fourth-order valence-electron chi connectivity index (χ4n) is 3.11. The molecule has 118 valence electrons. The van der Waals surface area contributed by atoms with E-state index in [1.165, 1.54) is 10.8 Å². The molecule has 3 nitrogen and oxygen atoms in total. The molecule has 4 rings (SSSR count). The molecule has 2 aromatic carbocycles. The number of rotatable bonds is 3. The van der Waals surface area contributed by atoms with Crippen LogP contribution >= 0.6 is 12.2 Å². The van der Waals surface area contributed by atoms with Crippen molar-refractivity contribution in [3.63, 3.8) is 0 Å². The van der Waals surface area contributed by atoms with E-state index in [2.05, 4.69) is 34.7 Å². The van der Waals surface area contributed by atoms with Crippen LogP contribution in [0.3, 0.4) is 0 Å². The number of aromatic nitrogens is 2. The van der Waals surface area contributed by atoms with E-state index < -0.39 is 0 Å². The molecule has 0 aliphatic heterocycles. The molecule has 0 spiro atoms. The predicted molar refractivity (Wildman–Crippen MR) is 103 cm³/mol. The van der Waals surface area contributed by atoms with Gasteiger partial charge in [-0.05, 0) is 29.0 Å². The number of hydrogen-bond acceptors (Lipinski definition) is 2. The largest absolute Gasteiger partial charge is 0.393 e. The van der Waals surface area contributed by atoms with Gasteiger partial charge in [-0.15, -0.1) is 0 Å². The number of nitrogens with zero attached hydrogens (tertiary/aromatic N) is 2. The normalized spacial score (nSPS) is 12.5. The van der Waals surface area contributed by atoms with E-state index in [1.807, 2.05) is 43.5 Å². The van der Waals surface area contributed by atoms with Crippen molar-refractivity contribution >= 4 is 33.6 Å². The van der Waals surface area contributed by atoms with Crippen molar-refractivity contribution < 1.29 is 0 Å². The number of nitrogens with two attached hydrogens (primary N) is 1. The summed E-state index contributed by atoms with van der Waals surface area (Å²) >= 11 is 5.25. The van der Waals surface area contributed by atoms with Gasteiger partial charge >= 0.3 is 0 Å². The number of imidazole rings is 1. The zero-order valence-corrected chi connectivity index (χ0v) is 14.1. The number of fused-ring (bicyclic) bond motifs is 2. The van der Waals surface area contributed by atoms with Crippen LogP contribution in [0.15, 0.2) is 66.9 Å². The Morgan fingerprint density at radius 1 is 1.04 bits per heavy atom. The number of hydrogen-bond donors (Lipinski definition) is 1. The van der Waals surface area contributed by atoms with E-state index in [-0.39, 0.29) is 5.92 Å². The van der Waals surface area contributed by atoms with Crippen LogP contribution in [0.5, 0.6) is 0 Å². The summed E-state index contributed by atoms with van der Waals surface area (Å²) in [5, 5.41) is 2.41. The van der Waals surface area contributed by atoms with Crippen LogP contribution in [-0.2, 0) is 0 Å². The summed E-state index contributed by atoms with van der Waals surface area (Å²) in [6.07, 6.45) is 2.01. The lowest BCUT2D eigenvalue weighted by atomic mass is 9.99. The van der Waals surface area contributed by atoms with Gasteiger partial charge in [-0.25, -0.2) is 4.98 Å². The van der Waals surface area contributed by atoms with E-state index in [9.17, 15) is 0 Å². The van der Waals surface area contributed by atoms with Gasteiger partial charge in [-0.1, -0.05) is 61.6 Å². The van der Waals surface area contributed by atoms with Crippen LogP contribution in [0.1, 0.15) is 18.5 Å². The third-order valence-electron chi connectivity index (χ3n) is 4.43. The fraction of sp³-hybridized carbons (Fsp3) is 0.100. The first-order valence-electron chi connectivity index (χ1n) is 7.90. The monoisotopic (exact) mass is 331 g/mol. The van der Waals surface area contributed by atoms with Crippen molar-refractivity contribution in [1.29, 1.82) is 0 Å². The van der Waals surface area contributed by atoms with Crippen molar-refractivity contribution in [2.45, 2.75) is 12.8 Å². The lowest BCUT2D eigenvalue weighted by molar-refractivity contribution is 0.930. The SMILES string of the molecule is CC(C(N)=S)c1c(-c2ccc3ccccc3c2)nc2ccccn12. The molecule has 1 atom stereocenters. The van der Waals surface area contributed by atoms with Crippen LogP contribution in [0, 0.1) is 0 Å². The second-order valence-corrected chi connectivity index (χ2v) is 6.43. The van der Waals surface area contributed by atoms with E-state index in [4.69, 9.17) is 22.9 Å². The third kappa shape index (κ3) is 2.36. The summed E-state index contributed by atoms with van der Waals surface area (Å²) in [7, 11) is 0. The predicted octanol–water partition coefficient (Wildman–Crippen LogP) is 4.54. The minimum absolute atomic E-state index is 0.0566. The van der Waals surface area contributed by atoms with E-state index >= 15 is 0 Å². The molecule has 2 heterocycles. The van der Waals surface area contributed by atoms with Crippen molar-refractivity contribution in [3.05, 3.63) is 72.6 Å². The highest BCUT2D eigenvalue weighted by Gasteiger charge is 2.21. The Balaban J connectivity index is 2.00. The average Bonchev–Trinajstić information content (AvgIpc) is 3.00. The van der Waals surface area contributed by atoms with E-state index in [0.717, 1.165) is 22.6 Å². The molecule has 4 aromatic rings. The summed E-state index contributed by atoms with van der Waals surface area (Å²) in [5.41, 5.74) is 9.90. The summed E-state index contributed by atoms with van der Waals surface area (Å²) in [5.74, 6) is -0.0566. The maximum absolute atomic E-state index is 5.95. The van der Waals surface area contributed by atoms with Crippen LogP contribution in [0.25, 0.3) is 27.7 Å². The molecule has 0 fully saturated rings. The smallest absolute Gasteiger partial charge is 0.137 e. The van der Waals surface area contributed by atoms with Gasteiger partial charge in [0, 0.05) is 17.7 Å². The molecule has 0 aliphatic rings. The van der Waals surface area contributed by atoms with Crippen molar-refractivity contribution in [1.82, 2.24) is 9.38 Å². The highest BCUT2D eigenvalue weighted by Crippen LogP contribution is 2.32. The summed E-state index contributed by atoms with van der Waals surface area (Å²) in [6.45, 7) is 2.03. The molecule has 4 heteroatoms. The molecule has 2 N–H and O–H groups in total. The molecule has 0 saturated carbocycles. The molecule has 24 heavy (non-hydrogen) atoms. The molecule has 0 radical (unpaired) electrons. The van der Waals surface area contributed by atoms with Gasteiger partial charge in [0.05, 0.1) is 16.4 Å². The van der Waals surface area contributed by atoms with Crippen molar-refractivity contribution in [2.75, 3.05) is 0 Å². The molecule has 0 bridgehead atoms. The van der Waals surface area contributed by atoms with Gasteiger partial charge in [-0.2, -0.15) is 0 Å². The second-order valence-electron chi connectivity index (χ2n) is 5.96. The lowest BCUT2D eigenvalue weighted by Crippen LogP contribution is -2.18. The Labute approximate surface area is 145 Å². The molecule has 0 amide bonds. The summed E-state index contributed by atoms with van der Waals surface area (Å²) in [4.78, 5) is 5.32. The second kappa shape index (κ2) is 5.73. The Bertz CT molecular complexity index is 1060. The quantitative estimate of drug-likeness (QED) is 0.560. The van der Waals surface area contributed by atoms with Gasteiger partial charge in [0.25, 0.3) is 0 Å². The summed E-state index contributed by atoms with van der Waals surface area (Å²) < 4.78 is 2.08. The molecule has 0 aliphatic carbocycles. The van der Waals surface area contributed by atoms with Gasteiger partial charge in [0.2, 0.25) is 0 Å². The highest BCUT2D eigenvalue weighted by molar-refractivity contribution is 7.80. The molecule has 1 unspecified atom stereocenters. The van der Waals surface area contributed by atoms with E-state index in [0.29, 0.717) is 4.99 Å². The Hall–Kier alpha value is -2.72. The van der Waals surface area contributed by atoms with Crippen LogP contribution in [0.4, 0.5) is 0 Å². The topological polar surface area (TPSA) is 43.3 Å². The highest BCUT2D eigenvalue weighted by atomic mass is 32.1. The van der Waals surface area contributed by atoms with Crippen LogP contribution in [-0.4, -0.2) is 14.4 Å². The maximum atomic E-state index is 5.95. The van der Waals surface area contributed by atoms with Crippen molar-refractivity contribution in [3.8, 4) is 11.3 Å². The van der Waals surface area contributed by atoms with Crippen LogP contribution in [0.2, 0.25) is 0 Å². The molecular formula is C20H17N3S. The Kier molecular flexibility index (Phi) is 3.54. The number of benzene rings is 2. The first kappa shape index (κ1) is 14.8. The number of pyridine rings is 1.